The summed E-state index contributed by atoms with van der Waals surface area (Å²) in [5.74, 6) is 0.00630. The number of hydrogen-bond donors (Lipinski definition) is 2. The highest BCUT2D eigenvalue weighted by atomic mass is 16.3. The van der Waals surface area contributed by atoms with Crippen molar-refractivity contribution in [2.24, 2.45) is 11.1 Å². The van der Waals surface area contributed by atoms with Gasteiger partial charge in [0.1, 0.15) is 0 Å². The molecule has 2 rings (SSSR count). The average molecular weight is 234 g/mol. The fourth-order valence-electron chi connectivity index (χ4n) is 3.01. The zero-order valence-corrected chi connectivity index (χ0v) is 10.5. The van der Waals surface area contributed by atoms with Gasteiger partial charge in [-0.2, -0.15) is 0 Å². The molecule has 1 aliphatic carbocycles. The van der Waals surface area contributed by atoms with Crippen LogP contribution in [0.15, 0.2) is 24.5 Å². The largest absolute Gasteiger partial charge is 0.392 e. The molecule has 94 valence electrons. The summed E-state index contributed by atoms with van der Waals surface area (Å²) >= 11 is 0. The third-order valence-corrected chi connectivity index (χ3v) is 4.21. The van der Waals surface area contributed by atoms with Crippen molar-refractivity contribution >= 4 is 0 Å². The summed E-state index contributed by atoms with van der Waals surface area (Å²) in [4.78, 5) is 4.12. The number of nitrogens with zero attached hydrogens (tertiary/aromatic N) is 1. The zero-order chi connectivity index (χ0) is 12.3. The maximum absolute atomic E-state index is 10.6. The molecule has 0 radical (unpaired) electrons. The van der Waals surface area contributed by atoms with Gasteiger partial charge >= 0.3 is 0 Å². The summed E-state index contributed by atoms with van der Waals surface area (Å²) in [6, 6.07) is 3.91. The molecule has 0 aliphatic heterocycles. The maximum atomic E-state index is 10.6. The predicted molar refractivity (Wildman–Crippen MR) is 68.6 cm³/mol. The number of aliphatic hydroxyl groups is 1. The molecular formula is C14H22N2O. The van der Waals surface area contributed by atoms with Crippen LogP contribution < -0.4 is 5.73 Å². The third kappa shape index (κ3) is 2.50. The lowest BCUT2D eigenvalue weighted by Crippen LogP contribution is -2.38. The van der Waals surface area contributed by atoms with Crippen LogP contribution in [-0.2, 0) is 0 Å². The van der Waals surface area contributed by atoms with Crippen LogP contribution in [0.25, 0.3) is 0 Å². The van der Waals surface area contributed by atoms with Gasteiger partial charge in [-0.1, -0.05) is 25.8 Å². The first-order valence-corrected chi connectivity index (χ1v) is 6.45. The van der Waals surface area contributed by atoms with Crippen LogP contribution in [0, 0.1) is 5.41 Å². The Labute approximate surface area is 103 Å². The first-order valence-electron chi connectivity index (χ1n) is 6.45. The summed E-state index contributed by atoms with van der Waals surface area (Å²) < 4.78 is 0. The minimum absolute atomic E-state index is 0.00630. The number of aliphatic hydroxyl groups excluding tert-OH is 1. The molecule has 3 heteroatoms. The van der Waals surface area contributed by atoms with Crippen molar-refractivity contribution in [2.45, 2.75) is 44.6 Å². The zero-order valence-electron chi connectivity index (χ0n) is 10.5. The SMILES string of the molecule is CC1(C(O)C(CN)c2cccnc2)CCCC1. The van der Waals surface area contributed by atoms with E-state index >= 15 is 0 Å². The van der Waals surface area contributed by atoms with Crippen LogP contribution in [-0.4, -0.2) is 22.7 Å². The van der Waals surface area contributed by atoms with Gasteiger partial charge < -0.3 is 10.8 Å². The molecule has 0 amide bonds. The lowest BCUT2D eigenvalue weighted by molar-refractivity contribution is 0.0212. The molecule has 1 aliphatic rings. The van der Waals surface area contributed by atoms with E-state index in [-0.39, 0.29) is 17.4 Å². The van der Waals surface area contributed by atoms with Gasteiger partial charge in [0, 0.05) is 24.9 Å². The van der Waals surface area contributed by atoms with Gasteiger partial charge in [-0.3, -0.25) is 4.98 Å². The first kappa shape index (κ1) is 12.5. The Bertz CT molecular complexity index is 346. The Morgan fingerprint density at radius 1 is 1.47 bits per heavy atom. The van der Waals surface area contributed by atoms with Crippen molar-refractivity contribution in [3.8, 4) is 0 Å². The van der Waals surface area contributed by atoms with Gasteiger partial charge in [-0.25, -0.2) is 0 Å². The fourth-order valence-corrected chi connectivity index (χ4v) is 3.01. The molecule has 1 fully saturated rings. The van der Waals surface area contributed by atoms with E-state index in [1.165, 1.54) is 12.8 Å². The second kappa shape index (κ2) is 5.15. The van der Waals surface area contributed by atoms with Crippen molar-refractivity contribution in [3.63, 3.8) is 0 Å². The molecule has 3 nitrogen and oxygen atoms in total. The summed E-state index contributed by atoms with van der Waals surface area (Å²) in [5.41, 5.74) is 6.92. The van der Waals surface area contributed by atoms with Gasteiger partial charge in [0.05, 0.1) is 6.10 Å². The standard InChI is InChI=1S/C14H22N2O/c1-14(6-2-3-7-14)13(17)12(9-15)11-5-4-8-16-10-11/h4-5,8,10,12-13,17H,2-3,6-7,9,15H2,1H3. The lowest BCUT2D eigenvalue weighted by Gasteiger charge is -2.35. The third-order valence-electron chi connectivity index (χ3n) is 4.21. The number of nitrogens with two attached hydrogens (primary N) is 1. The molecule has 1 heterocycles. The summed E-state index contributed by atoms with van der Waals surface area (Å²) in [5, 5.41) is 10.6. The van der Waals surface area contributed by atoms with E-state index in [1.54, 1.807) is 6.20 Å². The average Bonchev–Trinajstić information content (AvgIpc) is 2.80. The second-order valence-corrected chi connectivity index (χ2v) is 5.43. The van der Waals surface area contributed by atoms with E-state index in [2.05, 4.69) is 11.9 Å². The van der Waals surface area contributed by atoms with E-state index in [0.29, 0.717) is 6.54 Å². The number of aromatic nitrogens is 1. The predicted octanol–water partition coefficient (Wildman–Crippen LogP) is 2.07. The smallest absolute Gasteiger partial charge is 0.0674 e. The molecule has 0 saturated heterocycles. The highest BCUT2D eigenvalue weighted by Crippen LogP contribution is 2.44. The van der Waals surface area contributed by atoms with Crippen LogP contribution in [0.1, 0.15) is 44.1 Å². The lowest BCUT2D eigenvalue weighted by atomic mass is 9.74. The number of hydrogen-bond acceptors (Lipinski definition) is 3. The second-order valence-electron chi connectivity index (χ2n) is 5.43. The minimum atomic E-state index is -0.362. The summed E-state index contributed by atoms with van der Waals surface area (Å²) in [6.45, 7) is 2.66. The van der Waals surface area contributed by atoms with Gasteiger partial charge in [0.2, 0.25) is 0 Å². The Balaban J connectivity index is 2.18. The monoisotopic (exact) mass is 234 g/mol. The van der Waals surface area contributed by atoms with E-state index < -0.39 is 0 Å². The molecule has 0 bridgehead atoms. The molecule has 1 aromatic rings. The van der Waals surface area contributed by atoms with Crippen molar-refractivity contribution < 1.29 is 5.11 Å². The Morgan fingerprint density at radius 3 is 2.71 bits per heavy atom. The van der Waals surface area contributed by atoms with Gasteiger partial charge in [0.15, 0.2) is 0 Å². The van der Waals surface area contributed by atoms with Crippen LogP contribution in [0.2, 0.25) is 0 Å². The minimum Gasteiger partial charge on any atom is -0.392 e. The molecule has 17 heavy (non-hydrogen) atoms. The fraction of sp³-hybridized carbons (Fsp3) is 0.643. The van der Waals surface area contributed by atoms with Crippen LogP contribution in [0.3, 0.4) is 0 Å². The van der Waals surface area contributed by atoms with E-state index in [9.17, 15) is 5.11 Å². The molecule has 0 spiro atoms. The number of rotatable bonds is 4. The van der Waals surface area contributed by atoms with Crippen molar-refractivity contribution in [1.29, 1.82) is 0 Å². The van der Waals surface area contributed by atoms with Crippen LogP contribution in [0.5, 0.6) is 0 Å². The Hall–Kier alpha value is -0.930. The molecule has 0 aromatic carbocycles. The molecule has 2 unspecified atom stereocenters. The number of pyridine rings is 1. The highest BCUT2D eigenvalue weighted by molar-refractivity contribution is 5.18. The topological polar surface area (TPSA) is 59.1 Å². The van der Waals surface area contributed by atoms with Crippen molar-refractivity contribution in [1.82, 2.24) is 4.98 Å². The summed E-state index contributed by atoms with van der Waals surface area (Å²) in [6.07, 6.45) is 7.85. The molecule has 1 saturated carbocycles. The Morgan fingerprint density at radius 2 is 2.18 bits per heavy atom. The van der Waals surface area contributed by atoms with E-state index in [1.807, 2.05) is 18.3 Å². The van der Waals surface area contributed by atoms with Gasteiger partial charge in [-0.05, 0) is 29.9 Å². The van der Waals surface area contributed by atoms with Gasteiger partial charge in [-0.15, -0.1) is 0 Å². The molecule has 2 atom stereocenters. The first-order chi connectivity index (χ1) is 8.17. The van der Waals surface area contributed by atoms with E-state index in [4.69, 9.17) is 5.73 Å². The maximum Gasteiger partial charge on any atom is 0.0674 e. The van der Waals surface area contributed by atoms with Crippen LogP contribution >= 0.6 is 0 Å². The van der Waals surface area contributed by atoms with Crippen molar-refractivity contribution in [3.05, 3.63) is 30.1 Å². The van der Waals surface area contributed by atoms with Gasteiger partial charge in [0.25, 0.3) is 0 Å². The quantitative estimate of drug-likeness (QED) is 0.838. The molecule has 1 aromatic heterocycles. The normalized spacial score (nSPS) is 22.3. The summed E-state index contributed by atoms with van der Waals surface area (Å²) in [7, 11) is 0. The van der Waals surface area contributed by atoms with E-state index in [0.717, 1.165) is 18.4 Å². The molecule has 3 N–H and O–H groups in total. The Kier molecular flexibility index (Phi) is 3.79. The van der Waals surface area contributed by atoms with Crippen molar-refractivity contribution in [2.75, 3.05) is 6.54 Å². The molecular weight excluding hydrogens is 212 g/mol. The highest BCUT2D eigenvalue weighted by Gasteiger charge is 2.40. The van der Waals surface area contributed by atoms with Crippen LogP contribution in [0.4, 0.5) is 0 Å².